The number of rotatable bonds is 6. The van der Waals surface area contributed by atoms with Crippen LogP contribution in [0.3, 0.4) is 0 Å². The lowest BCUT2D eigenvalue weighted by atomic mass is 10.1. The van der Waals surface area contributed by atoms with E-state index in [0.717, 1.165) is 21.4 Å². The summed E-state index contributed by atoms with van der Waals surface area (Å²) in [5.74, 6) is 0.00377. The van der Waals surface area contributed by atoms with Gasteiger partial charge in [0.15, 0.2) is 5.78 Å². The summed E-state index contributed by atoms with van der Waals surface area (Å²) < 4.78 is 0.990. The third kappa shape index (κ3) is 5.21. The van der Waals surface area contributed by atoms with Gasteiger partial charge in [-0.15, -0.1) is 0 Å². The van der Waals surface area contributed by atoms with Gasteiger partial charge >= 0.3 is 0 Å². The molecule has 0 spiro atoms. The number of amides is 1. The van der Waals surface area contributed by atoms with Gasteiger partial charge in [0.1, 0.15) is 0 Å². The van der Waals surface area contributed by atoms with E-state index in [4.69, 9.17) is 0 Å². The van der Waals surface area contributed by atoms with E-state index in [1.54, 1.807) is 12.1 Å². The zero-order valence-electron chi connectivity index (χ0n) is 13.2. The first kappa shape index (κ1) is 17.2. The Morgan fingerprint density at radius 3 is 2.39 bits per heavy atom. The Hall–Kier alpha value is -2.14. The van der Waals surface area contributed by atoms with E-state index in [-0.39, 0.29) is 11.7 Å². The van der Waals surface area contributed by atoms with Crippen LogP contribution in [-0.4, -0.2) is 18.2 Å². The van der Waals surface area contributed by atoms with Gasteiger partial charge in [-0.1, -0.05) is 15.9 Å². The number of ketones is 1. The van der Waals surface area contributed by atoms with Gasteiger partial charge in [0.2, 0.25) is 5.91 Å². The Labute approximate surface area is 144 Å². The lowest BCUT2D eigenvalue weighted by Crippen LogP contribution is -2.16. The van der Waals surface area contributed by atoms with E-state index < -0.39 is 0 Å². The molecule has 4 nitrogen and oxygen atoms in total. The molecule has 0 radical (unpaired) electrons. The van der Waals surface area contributed by atoms with Crippen LogP contribution >= 0.6 is 15.9 Å². The van der Waals surface area contributed by atoms with Crippen molar-refractivity contribution in [3.05, 3.63) is 58.1 Å². The van der Waals surface area contributed by atoms with Crippen molar-refractivity contribution in [3.8, 4) is 0 Å². The number of benzene rings is 2. The summed E-state index contributed by atoms with van der Waals surface area (Å²) in [6.07, 6.45) is 0.365. The van der Waals surface area contributed by atoms with Crippen LogP contribution in [0.1, 0.15) is 29.3 Å². The maximum Gasteiger partial charge on any atom is 0.226 e. The average Bonchev–Trinajstić information content (AvgIpc) is 2.50. The highest BCUT2D eigenvalue weighted by Gasteiger charge is 2.05. The second kappa shape index (κ2) is 7.92. The molecule has 23 heavy (non-hydrogen) atoms. The molecular formula is C18H19BrN2O2. The number of Topliss-reactive ketones (excluding diaryl/α,β-unsaturated/α-hetero) is 1. The van der Waals surface area contributed by atoms with Crippen molar-refractivity contribution < 1.29 is 9.59 Å². The number of anilines is 2. The number of aryl methyl sites for hydroxylation is 1. The lowest BCUT2D eigenvalue weighted by molar-refractivity contribution is -0.115. The molecule has 0 aliphatic carbocycles. The van der Waals surface area contributed by atoms with Gasteiger partial charge in [-0.05, 0) is 61.9 Å². The minimum Gasteiger partial charge on any atom is -0.385 e. The second-order valence-corrected chi connectivity index (χ2v) is 6.23. The first-order valence-corrected chi connectivity index (χ1v) is 8.16. The van der Waals surface area contributed by atoms with Crippen LogP contribution in [0, 0.1) is 6.92 Å². The Kier molecular flexibility index (Phi) is 5.93. The molecule has 0 aliphatic rings. The molecular weight excluding hydrogens is 356 g/mol. The van der Waals surface area contributed by atoms with Crippen LogP contribution in [0.5, 0.6) is 0 Å². The van der Waals surface area contributed by atoms with E-state index in [2.05, 4.69) is 26.6 Å². The zero-order valence-corrected chi connectivity index (χ0v) is 14.7. The van der Waals surface area contributed by atoms with E-state index >= 15 is 0 Å². The van der Waals surface area contributed by atoms with Crippen molar-refractivity contribution in [2.45, 2.75) is 20.3 Å². The lowest BCUT2D eigenvalue weighted by Gasteiger charge is -2.10. The minimum absolute atomic E-state index is 0.0386. The van der Waals surface area contributed by atoms with Crippen LogP contribution in [-0.2, 0) is 4.79 Å². The van der Waals surface area contributed by atoms with Crippen LogP contribution in [0.15, 0.2) is 46.9 Å². The highest BCUT2D eigenvalue weighted by Crippen LogP contribution is 2.20. The van der Waals surface area contributed by atoms with E-state index in [1.165, 1.54) is 6.92 Å². The molecule has 2 N–H and O–H groups in total. The van der Waals surface area contributed by atoms with E-state index in [0.29, 0.717) is 18.5 Å². The summed E-state index contributed by atoms with van der Waals surface area (Å²) in [6, 6.07) is 13.0. The van der Waals surface area contributed by atoms with Crippen molar-refractivity contribution in [3.63, 3.8) is 0 Å². The van der Waals surface area contributed by atoms with E-state index in [9.17, 15) is 9.59 Å². The molecule has 0 unspecified atom stereocenters. The first-order chi connectivity index (χ1) is 11.0. The van der Waals surface area contributed by atoms with Gasteiger partial charge in [0.25, 0.3) is 0 Å². The second-order valence-electron chi connectivity index (χ2n) is 5.32. The predicted octanol–water partition coefficient (Wildman–Crippen LogP) is 4.40. The molecule has 0 heterocycles. The quantitative estimate of drug-likeness (QED) is 0.736. The molecule has 0 saturated heterocycles. The van der Waals surface area contributed by atoms with Gasteiger partial charge < -0.3 is 10.6 Å². The molecule has 0 saturated carbocycles. The highest BCUT2D eigenvalue weighted by molar-refractivity contribution is 9.10. The van der Waals surface area contributed by atoms with Crippen LogP contribution < -0.4 is 10.6 Å². The van der Waals surface area contributed by atoms with Crippen LogP contribution in [0.2, 0.25) is 0 Å². The molecule has 2 aromatic carbocycles. The molecule has 120 valence electrons. The Morgan fingerprint density at radius 2 is 1.78 bits per heavy atom. The molecule has 1 amide bonds. The SMILES string of the molecule is CC(=O)c1ccc(NCCC(=O)Nc2ccc(Br)cc2C)cc1. The molecule has 2 rings (SSSR count). The molecule has 0 aliphatic heterocycles. The number of halogens is 1. The maximum absolute atomic E-state index is 12.0. The van der Waals surface area contributed by atoms with Crippen LogP contribution in [0.25, 0.3) is 0 Å². The summed E-state index contributed by atoms with van der Waals surface area (Å²) in [7, 11) is 0. The number of hydrogen-bond acceptors (Lipinski definition) is 3. The van der Waals surface area contributed by atoms with E-state index in [1.807, 2.05) is 37.3 Å². The third-order valence-electron chi connectivity index (χ3n) is 3.44. The Balaban J connectivity index is 1.81. The summed E-state index contributed by atoms with van der Waals surface area (Å²) in [4.78, 5) is 23.2. The standard InChI is InChI=1S/C18H19BrN2O2/c1-12-11-15(19)5-8-17(12)21-18(23)9-10-20-16-6-3-14(4-7-16)13(2)22/h3-8,11,20H,9-10H2,1-2H3,(H,21,23). The van der Waals surface area contributed by atoms with Gasteiger partial charge in [-0.2, -0.15) is 0 Å². The largest absolute Gasteiger partial charge is 0.385 e. The molecule has 0 fully saturated rings. The van der Waals surface area contributed by atoms with Crippen molar-refractivity contribution >= 4 is 39.0 Å². The fourth-order valence-corrected chi connectivity index (χ4v) is 2.60. The topological polar surface area (TPSA) is 58.2 Å². The van der Waals surface area contributed by atoms with Crippen LogP contribution in [0.4, 0.5) is 11.4 Å². The van der Waals surface area contributed by atoms with Crippen molar-refractivity contribution in [2.75, 3.05) is 17.2 Å². The van der Waals surface area contributed by atoms with Crippen molar-refractivity contribution in [1.29, 1.82) is 0 Å². The zero-order chi connectivity index (χ0) is 16.8. The number of hydrogen-bond donors (Lipinski definition) is 2. The summed E-state index contributed by atoms with van der Waals surface area (Å²) >= 11 is 3.40. The highest BCUT2D eigenvalue weighted by atomic mass is 79.9. The van der Waals surface area contributed by atoms with Crippen molar-refractivity contribution in [1.82, 2.24) is 0 Å². The van der Waals surface area contributed by atoms with Gasteiger partial charge in [-0.25, -0.2) is 0 Å². The van der Waals surface area contributed by atoms with Gasteiger partial charge in [0.05, 0.1) is 0 Å². The number of nitrogens with one attached hydrogen (secondary N) is 2. The summed E-state index contributed by atoms with van der Waals surface area (Å²) in [6.45, 7) is 4.02. The third-order valence-corrected chi connectivity index (χ3v) is 3.93. The maximum atomic E-state index is 12.0. The molecule has 0 aromatic heterocycles. The molecule has 0 bridgehead atoms. The Morgan fingerprint density at radius 1 is 1.09 bits per heavy atom. The smallest absolute Gasteiger partial charge is 0.226 e. The average molecular weight is 375 g/mol. The normalized spacial score (nSPS) is 10.2. The summed E-state index contributed by atoms with van der Waals surface area (Å²) in [5, 5.41) is 6.07. The first-order valence-electron chi connectivity index (χ1n) is 7.36. The molecule has 5 heteroatoms. The molecule has 2 aromatic rings. The molecule has 0 atom stereocenters. The van der Waals surface area contributed by atoms with Crippen molar-refractivity contribution in [2.24, 2.45) is 0 Å². The monoisotopic (exact) mass is 374 g/mol. The number of carbonyl (C=O) groups excluding carboxylic acids is 2. The summed E-state index contributed by atoms with van der Waals surface area (Å²) in [5.41, 5.74) is 3.41. The number of carbonyl (C=O) groups is 2. The van der Waals surface area contributed by atoms with Gasteiger partial charge in [-0.3, -0.25) is 9.59 Å². The predicted molar refractivity (Wildman–Crippen MR) is 97.1 cm³/mol. The fourth-order valence-electron chi connectivity index (χ4n) is 2.12. The Bertz CT molecular complexity index is 711. The van der Waals surface area contributed by atoms with Gasteiger partial charge in [0, 0.05) is 34.4 Å². The fraction of sp³-hybridized carbons (Fsp3) is 0.222. The minimum atomic E-state index is -0.0386.